The van der Waals surface area contributed by atoms with Crippen LogP contribution in [0.4, 0.5) is 22.0 Å². The first-order valence-electron chi connectivity index (χ1n) is 13.7. The zero-order valence-electron chi connectivity index (χ0n) is 22.2. The zero-order valence-corrected chi connectivity index (χ0v) is 22.2. The monoisotopic (exact) mass is 546 g/mol. The number of alkyl halides is 5. The highest BCUT2D eigenvalue weighted by Gasteiger charge is 2.35. The van der Waals surface area contributed by atoms with E-state index in [4.69, 9.17) is 4.74 Å². The SMILES string of the molecule is CCCCC1CCC(CCc2ccc(C(F)(F)Oc3ccccc3-c3ccc(OC(F)(F)F)cc3)cc2)CC1. The molecule has 0 atom stereocenters. The van der Waals surface area contributed by atoms with Gasteiger partial charge in [0.05, 0.1) is 5.56 Å². The molecule has 0 aromatic heterocycles. The van der Waals surface area contributed by atoms with E-state index in [1.54, 1.807) is 30.3 Å². The van der Waals surface area contributed by atoms with Crippen LogP contribution in [-0.2, 0) is 12.5 Å². The minimum atomic E-state index is -4.81. The van der Waals surface area contributed by atoms with Gasteiger partial charge in [0.1, 0.15) is 11.5 Å². The molecule has 0 unspecified atom stereocenters. The summed E-state index contributed by atoms with van der Waals surface area (Å²) in [5.41, 5.74) is 1.53. The van der Waals surface area contributed by atoms with Crippen LogP contribution in [0.3, 0.4) is 0 Å². The van der Waals surface area contributed by atoms with Crippen LogP contribution in [0.2, 0.25) is 0 Å². The van der Waals surface area contributed by atoms with E-state index in [2.05, 4.69) is 11.7 Å². The van der Waals surface area contributed by atoms with Crippen molar-refractivity contribution in [3.05, 3.63) is 83.9 Å². The fourth-order valence-electron chi connectivity index (χ4n) is 5.37. The lowest BCUT2D eigenvalue weighted by Gasteiger charge is -2.28. The predicted octanol–water partition coefficient (Wildman–Crippen LogP) is 10.3. The van der Waals surface area contributed by atoms with Gasteiger partial charge in [-0.25, -0.2) is 0 Å². The van der Waals surface area contributed by atoms with Crippen molar-refractivity contribution in [2.45, 2.75) is 77.2 Å². The van der Waals surface area contributed by atoms with Crippen molar-refractivity contribution in [1.82, 2.24) is 0 Å². The molecule has 1 saturated carbocycles. The Hall–Kier alpha value is -3.09. The van der Waals surface area contributed by atoms with Crippen LogP contribution in [-0.4, -0.2) is 6.36 Å². The van der Waals surface area contributed by atoms with Gasteiger partial charge in [0.15, 0.2) is 0 Å². The molecule has 210 valence electrons. The molecule has 0 spiro atoms. The summed E-state index contributed by atoms with van der Waals surface area (Å²) in [6, 6.07) is 17.5. The number of rotatable bonds is 11. The maximum atomic E-state index is 15.2. The average molecular weight is 547 g/mol. The predicted molar refractivity (Wildman–Crippen MR) is 143 cm³/mol. The standard InChI is InChI=1S/C32H35F5O2/c1-2-3-6-23-9-11-24(12-10-23)13-14-25-15-19-27(20-16-25)31(33,34)39-30-8-5-4-7-29(30)26-17-21-28(22-18-26)38-32(35,36)37/h4-5,7-8,15-24H,2-3,6,9-14H2,1H3. The number of aryl methyl sites for hydroxylation is 1. The van der Waals surface area contributed by atoms with Crippen LogP contribution in [0.5, 0.6) is 11.5 Å². The van der Waals surface area contributed by atoms with Crippen LogP contribution in [0, 0.1) is 11.8 Å². The molecular weight excluding hydrogens is 511 g/mol. The Morgan fingerprint density at radius 1 is 0.718 bits per heavy atom. The summed E-state index contributed by atoms with van der Waals surface area (Å²) >= 11 is 0. The van der Waals surface area contributed by atoms with E-state index in [0.717, 1.165) is 36.5 Å². The molecule has 4 rings (SSSR count). The summed E-state index contributed by atoms with van der Waals surface area (Å²) in [5.74, 6) is 1.11. The van der Waals surface area contributed by atoms with E-state index >= 15 is 8.78 Å². The summed E-state index contributed by atoms with van der Waals surface area (Å²) in [5, 5.41) is 0. The van der Waals surface area contributed by atoms with Gasteiger partial charge in [0.2, 0.25) is 0 Å². The van der Waals surface area contributed by atoms with Gasteiger partial charge in [-0.15, -0.1) is 13.2 Å². The molecular formula is C32H35F5O2. The molecule has 0 heterocycles. The molecule has 0 bridgehead atoms. The van der Waals surface area contributed by atoms with Gasteiger partial charge in [0, 0.05) is 5.56 Å². The van der Waals surface area contributed by atoms with E-state index in [0.29, 0.717) is 17.0 Å². The third kappa shape index (κ3) is 8.45. The van der Waals surface area contributed by atoms with Gasteiger partial charge in [-0.3, -0.25) is 0 Å². The first-order valence-corrected chi connectivity index (χ1v) is 13.7. The highest BCUT2D eigenvalue weighted by Crippen LogP contribution is 2.39. The van der Waals surface area contributed by atoms with Crippen LogP contribution < -0.4 is 9.47 Å². The van der Waals surface area contributed by atoms with E-state index < -0.39 is 18.2 Å². The first kappa shape index (κ1) is 28.9. The summed E-state index contributed by atoms with van der Waals surface area (Å²) in [6.07, 6.45) is 2.58. The normalized spacial score (nSPS) is 18.1. The fraction of sp³-hybridized carbons (Fsp3) is 0.438. The number of hydrogen-bond acceptors (Lipinski definition) is 2. The molecule has 0 saturated heterocycles. The van der Waals surface area contributed by atoms with E-state index in [1.807, 2.05) is 0 Å². The molecule has 3 aromatic carbocycles. The van der Waals surface area contributed by atoms with Gasteiger partial charge >= 0.3 is 12.5 Å². The van der Waals surface area contributed by atoms with Crippen molar-refractivity contribution in [2.75, 3.05) is 0 Å². The topological polar surface area (TPSA) is 18.5 Å². The summed E-state index contributed by atoms with van der Waals surface area (Å²) in [7, 11) is 0. The number of ether oxygens (including phenoxy) is 2. The van der Waals surface area contributed by atoms with Gasteiger partial charge in [-0.1, -0.05) is 94.3 Å². The van der Waals surface area contributed by atoms with E-state index in [-0.39, 0.29) is 11.3 Å². The lowest BCUT2D eigenvalue weighted by atomic mass is 9.78. The molecule has 0 N–H and O–H groups in total. The van der Waals surface area contributed by atoms with E-state index in [1.165, 1.54) is 75.3 Å². The largest absolute Gasteiger partial charge is 0.573 e. The Bertz CT molecular complexity index is 1160. The van der Waals surface area contributed by atoms with Crippen molar-refractivity contribution < 1.29 is 31.4 Å². The third-order valence-electron chi connectivity index (χ3n) is 7.59. The second-order valence-corrected chi connectivity index (χ2v) is 10.5. The van der Waals surface area contributed by atoms with Crippen molar-refractivity contribution in [2.24, 2.45) is 11.8 Å². The Balaban J connectivity index is 1.36. The van der Waals surface area contributed by atoms with Crippen molar-refractivity contribution in [1.29, 1.82) is 0 Å². The van der Waals surface area contributed by atoms with Crippen LogP contribution in [0.25, 0.3) is 11.1 Å². The number of unbranched alkanes of at least 4 members (excludes halogenated alkanes) is 1. The molecule has 0 aliphatic heterocycles. The second kappa shape index (κ2) is 12.8. The zero-order chi connectivity index (χ0) is 27.9. The summed E-state index contributed by atoms with van der Waals surface area (Å²) in [4.78, 5) is 0. The van der Waals surface area contributed by atoms with Crippen LogP contribution >= 0.6 is 0 Å². The Morgan fingerprint density at radius 2 is 1.33 bits per heavy atom. The molecule has 1 aliphatic rings. The first-order chi connectivity index (χ1) is 18.6. The molecule has 1 aliphatic carbocycles. The Kier molecular flexibility index (Phi) is 9.52. The molecule has 39 heavy (non-hydrogen) atoms. The van der Waals surface area contributed by atoms with Crippen LogP contribution in [0.1, 0.15) is 69.4 Å². The summed E-state index contributed by atoms with van der Waals surface area (Å²) in [6.45, 7) is 2.24. The lowest BCUT2D eigenvalue weighted by Crippen LogP contribution is -2.22. The molecule has 7 heteroatoms. The van der Waals surface area contributed by atoms with Gasteiger partial charge in [0.25, 0.3) is 0 Å². The third-order valence-corrected chi connectivity index (χ3v) is 7.59. The maximum absolute atomic E-state index is 15.2. The fourth-order valence-corrected chi connectivity index (χ4v) is 5.37. The maximum Gasteiger partial charge on any atom is 0.573 e. The highest BCUT2D eigenvalue weighted by atomic mass is 19.4. The molecule has 1 fully saturated rings. The quantitative estimate of drug-likeness (QED) is 0.223. The van der Waals surface area contributed by atoms with Crippen molar-refractivity contribution >= 4 is 0 Å². The van der Waals surface area contributed by atoms with Gasteiger partial charge in [-0.05, 0) is 66.1 Å². The molecule has 3 aromatic rings. The highest BCUT2D eigenvalue weighted by molar-refractivity contribution is 5.71. The molecule has 0 amide bonds. The molecule has 0 radical (unpaired) electrons. The smallest absolute Gasteiger partial charge is 0.428 e. The Labute approximate surface area is 227 Å². The minimum Gasteiger partial charge on any atom is -0.428 e. The van der Waals surface area contributed by atoms with E-state index in [9.17, 15) is 13.2 Å². The number of benzene rings is 3. The van der Waals surface area contributed by atoms with Gasteiger partial charge < -0.3 is 9.47 Å². The Morgan fingerprint density at radius 3 is 1.95 bits per heavy atom. The number of para-hydroxylation sites is 1. The minimum absolute atomic E-state index is 0.0781. The summed E-state index contributed by atoms with van der Waals surface area (Å²) < 4.78 is 76.7. The van der Waals surface area contributed by atoms with Crippen molar-refractivity contribution in [3.8, 4) is 22.6 Å². The number of halogens is 5. The molecule has 2 nitrogen and oxygen atoms in total. The second-order valence-electron chi connectivity index (χ2n) is 10.5. The van der Waals surface area contributed by atoms with Crippen molar-refractivity contribution in [3.63, 3.8) is 0 Å². The van der Waals surface area contributed by atoms with Gasteiger partial charge in [-0.2, -0.15) is 8.78 Å². The lowest BCUT2D eigenvalue weighted by molar-refractivity contribution is -0.274. The average Bonchev–Trinajstić information content (AvgIpc) is 2.91. The van der Waals surface area contributed by atoms with Crippen LogP contribution in [0.15, 0.2) is 72.8 Å². The number of hydrogen-bond donors (Lipinski definition) is 0.